The van der Waals surface area contributed by atoms with Gasteiger partial charge in [0.15, 0.2) is 11.5 Å². The van der Waals surface area contributed by atoms with E-state index in [1.54, 1.807) is 36.4 Å². The fraction of sp³-hybridized carbons (Fsp3) is 0.190. The zero-order valence-electron chi connectivity index (χ0n) is 16.0. The van der Waals surface area contributed by atoms with E-state index in [1.807, 2.05) is 19.9 Å². The van der Waals surface area contributed by atoms with Gasteiger partial charge in [-0.25, -0.2) is 5.10 Å². The number of hydrazine groups is 1. The first-order chi connectivity index (χ1) is 13.9. The van der Waals surface area contributed by atoms with Crippen LogP contribution in [0, 0.1) is 13.8 Å². The molecule has 0 saturated carbocycles. The predicted octanol–water partition coefficient (Wildman–Crippen LogP) is 1.96. The Morgan fingerprint density at radius 3 is 2.38 bits per heavy atom. The second kappa shape index (κ2) is 8.47. The second-order valence-corrected chi connectivity index (χ2v) is 6.67. The quantitative estimate of drug-likeness (QED) is 0.453. The number of hydrogen-bond donors (Lipinski definition) is 3. The highest BCUT2D eigenvalue weighted by Gasteiger charge is 2.15. The van der Waals surface area contributed by atoms with Crippen molar-refractivity contribution in [2.45, 2.75) is 26.7 Å². The lowest BCUT2D eigenvalue weighted by Crippen LogP contribution is -2.42. The molecule has 0 aliphatic heterocycles. The van der Waals surface area contributed by atoms with Crippen molar-refractivity contribution in [2.24, 2.45) is 0 Å². The van der Waals surface area contributed by atoms with E-state index >= 15 is 0 Å². The number of aryl methyl sites for hydroxylation is 2. The Morgan fingerprint density at radius 1 is 0.931 bits per heavy atom. The number of carbonyl (C=O) groups is 3. The van der Waals surface area contributed by atoms with Gasteiger partial charge in [0.05, 0.1) is 5.39 Å². The van der Waals surface area contributed by atoms with Gasteiger partial charge in [0.2, 0.25) is 5.91 Å². The van der Waals surface area contributed by atoms with Crippen molar-refractivity contribution in [1.29, 1.82) is 0 Å². The maximum atomic E-state index is 12.3. The number of carbonyl (C=O) groups excluding carboxylic acids is 3. The van der Waals surface area contributed by atoms with Crippen molar-refractivity contribution < 1.29 is 14.4 Å². The van der Waals surface area contributed by atoms with Crippen molar-refractivity contribution >= 4 is 28.4 Å². The number of amides is 2. The van der Waals surface area contributed by atoms with Gasteiger partial charge in [-0.05, 0) is 37.1 Å². The summed E-state index contributed by atoms with van der Waals surface area (Å²) in [5.41, 5.74) is 6.73. The number of rotatable bonds is 5. The summed E-state index contributed by atoms with van der Waals surface area (Å²) in [6.07, 6.45) is -0.0596. The Morgan fingerprint density at radius 2 is 1.66 bits per heavy atom. The standard InChI is InChI=1S/C21H20N4O4/c1-12-7-8-14(11-13(12)2)17(26)9-10-18(27)22-25-21(29)19-15-5-3-4-6-16(15)20(28)24-23-19/h3-8,11H,9-10H2,1-2H3,(H,22,27)(H,24,28)(H,25,29). The fourth-order valence-electron chi connectivity index (χ4n) is 2.82. The molecule has 2 amide bonds. The molecule has 0 aliphatic rings. The molecule has 148 valence electrons. The van der Waals surface area contributed by atoms with Crippen LogP contribution in [0.3, 0.4) is 0 Å². The molecule has 0 atom stereocenters. The van der Waals surface area contributed by atoms with E-state index in [2.05, 4.69) is 21.0 Å². The van der Waals surface area contributed by atoms with Gasteiger partial charge < -0.3 is 0 Å². The molecule has 0 saturated heterocycles. The molecule has 8 nitrogen and oxygen atoms in total. The van der Waals surface area contributed by atoms with Crippen molar-refractivity contribution in [3.63, 3.8) is 0 Å². The Labute approximate surface area is 166 Å². The number of nitrogens with one attached hydrogen (secondary N) is 3. The molecule has 1 heterocycles. The van der Waals surface area contributed by atoms with Gasteiger partial charge >= 0.3 is 0 Å². The maximum Gasteiger partial charge on any atom is 0.290 e. The number of benzene rings is 2. The third-order valence-corrected chi connectivity index (χ3v) is 4.63. The number of fused-ring (bicyclic) bond motifs is 1. The zero-order chi connectivity index (χ0) is 21.0. The highest BCUT2D eigenvalue weighted by Crippen LogP contribution is 2.13. The number of hydrogen-bond acceptors (Lipinski definition) is 5. The van der Waals surface area contributed by atoms with E-state index in [0.717, 1.165) is 11.1 Å². The lowest BCUT2D eigenvalue weighted by Gasteiger charge is -2.08. The topological polar surface area (TPSA) is 121 Å². The number of Topliss-reactive ketones (excluding diaryl/α,β-unsaturated/α-hetero) is 1. The number of nitrogens with zero attached hydrogens (tertiary/aromatic N) is 1. The summed E-state index contributed by atoms with van der Waals surface area (Å²) in [5, 5.41) is 6.70. The largest absolute Gasteiger partial charge is 0.294 e. The maximum absolute atomic E-state index is 12.3. The van der Waals surface area contributed by atoms with Crippen LogP contribution in [0.25, 0.3) is 10.8 Å². The Bertz CT molecular complexity index is 1170. The molecule has 0 bridgehead atoms. The van der Waals surface area contributed by atoms with Crippen LogP contribution in [0.4, 0.5) is 0 Å². The third-order valence-electron chi connectivity index (χ3n) is 4.63. The number of aromatic amines is 1. The molecule has 2 aromatic carbocycles. The van der Waals surface area contributed by atoms with E-state index in [1.165, 1.54) is 0 Å². The van der Waals surface area contributed by atoms with Gasteiger partial charge in [0.1, 0.15) is 0 Å². The van der Waals surface area contributed by atoms with Crippen LogP contribution < -0.4 is 16.4 Å². The summed E-state index contributed by atoms with van der Waals surface area (Å²) in [5.74, 6) is -1.33. The van der Waals surface area contributed by atoms with Gasteiger partial charge in [-0.15, -0.1) is 0 Å². The van der Waals surface area contributed by atoms with Crippen molar-refractivity contribution in [2.75, 3.05) is 0 Å². The minimum Gasteiger partial charge on any atom is -0.294 e. The highest BCUT2D eigenvalue weighted by atomic mass is 16.2. The minimum absolute atomic E-state index is 0.0179. The molecule has 3 aromatic rings. The molecule has 3 N–H and O–H groups in total. The molecular formula is C21H20N4O4. The molecule has 0 unspecified atom stereocenters. The molecule has 3 rings (SSSR count). The van der Waals surface area contributed by atoms with Crippen LogP contribution in [0.2, 0.25) is 0 Å². The monoisotopic (exact) mass is 392 g/mol. The van der Waals surface area contributed by atoms with Crippen LogP contribution in [0.15, 0.2) is 47.3 Å². The first-order valence-electron chi connectivity index (χ1n) is 9.04. The number of aromatic nitrogens is 2. The van der Waals surface area contributed by atoms with Gasteiger partial charge in [0.25, 0.3) is 11.5 Å². The lowest BCUT2D eigenvalue weighted by atomic mass is 10.0. The van der Waals surface area contributed by atoms with Gasteiger partial charge in [-0.2, -0.15) is 5.10 Å². The van der Waals surface area contributed by atoms with Crippen LogP contribution in [-0.4, -0.2) is 27.8 Å². The smallest absolute Gasteiger partial charge is 0.290 e. The summed E-state index contributed by atoms with van der Waals surface area (Å²) in [6.45, 7) is 3.88. The zero-order valence-corrected chi connectivity index (χ0v) is 16.0. The molecule has 29 heavy (non-hydrogen) atoms. The average Bonchev–Trinajstić information content (AvgIpc) is 2.72. The van der Waals surface area contributed by atoms with Crippen molar-refractivity contribution in [3.8, 4) is 0 Å². The summed E-state index contributed by atoms with van der Waals surface area (Å²) < 4.78 is 0. The van der Waals surface area contributed by atoms with Crippen LogP contribution in [0.5, 0.6) is 0 Å². The molecule has 0 aliphatic carbocycles. The third kappa shape index (κ3) is 4.55. The normalized spacial score (nSPS) is 10.6. The molecule has 0 radical (unpaired) electrons. The van der Waals surface area contributed by atoms with Crippen molar-refractivity contribution in [1.82, 2.24) is 21.0 Å². The first kappa shape index (κ1) is 19.9. The second-order valence-electron chi connectivity index (χ2n) is 6.67. The molecule has 0 spiro atoms. The van der Waals surface area contributed by atoms with E-state index < -0.39 is 17.4 Å². The predicted molar refractivity (Wildman–Crippen MR) is 107 cm³/mol. The van der Waals surface area contributed by atoms with Crippen LogP contribution in [-0.2, 0) is 4.79 Å². The SMILES string of the molecule is Cc1ccc(C(=O)CCC(=O)NNC(=O)c2n[nH]c(=O)c3ccccc23)cc1C. The number of ketones is 1. The summed E-state index contributed by atoms with van der Waals surface area (Å²) in [4.78, 5) is 48.3. The van der Waals surface area contributed by atoms with Crippen LogP contribution >= 0.6 is 0 Å². The molecule has 0 fully saturated rings. The van der Waals surface area contributed by atoms with Gasteiger partial charge in [0, 0.05) is 23.8 Å². The van der Waals surface area contributed by atoms with Gasteiger partial charge in [-0.1, -0.05) is 30.3 Å². The van der Waals surface area contributed by atoms with E-state index in [4.69, 9.17) is 0 Å². The summed E-state index contributed by atoms with van der Waals surface area (Å²) in [7, 11) is 0. The molecule has 1 aromatic heterocycles. The Hall–Kier alpha value is -3.81. The summed E-state index contributed by atoms with van der Waals surface area (Å²) in [6, 6.07) is 11.9. The van der Waals surface area contributed by atoms with Crippen LogP contribution in [0.1, 0.15) is 44.8 Å². The summed E-state index contributed by atoms with van der Waals surface area (Å²) >= 11 is 0. The average molecular weight is 392 g/mol. The fourth-order valence-corrected chi connectivity index (χ4v) is 2.82. The minimum atomic E-state index is -0.675. The number of H-pyrrole nitrogens is 1. The Balaban J connectivity index is 1.57. The molecule has 8 heteroatoms. The van der Waals surface area contributed by atoms with Crippen molar-refractivity contribution in [3.05, 3.63) is 75.2 Å². The van der Waals surface area contributed by atoms with E-state index in [9.17, 15) is 19.2 Å². The highest BCUT2D eigenvalue weighted by molar-refractivity contribution is 6.05. The van der Waals surface area contributed by atoms with E-state index in [0.29, 0.717) is 16.3 Å². The first-order valence-corrected chi connectivity index (χ1v) is 9.04. The van der Waals surface area contributed by atoms with Gasteiger partial charge in [-0.3, -0.25) is 30.0 Å². The van der Waals surface area contributed by atoms with E-state index in [-0.39, 0.29) is 24.3 Å². The Kier molecular flexibility index (Phi) is 5.82. The molecular weight excluding hydrogens is 372 g/mol. The lowest BCUT2D eigenvalue weighted by molar-refractivity contribution is -0.121.